The molecule has 0 unspecified atom stereocenters. The predicted octanol–water partition coefficient (Wildman–Crippen LogP) is 3.35. The number of aromatic nitrogens is 2. The summed E-state index contributed by atoms with van der Waals surface area (Å²) in [7, 11) is -2.19. The van der Waals surface area contributed by atoms with Crippen molar-refractivity contribution in [1.29, 1.82) is 0 Å². The van der Waals surface area contributed by atoms with Crippen molar-refractivity contribution < 1.29 is 17.9 Å². The highest BCUT2D eigenvalue weighted by atomic mass is 32.2. The van der Waals surface area contributed by atoms with E-state index in [0.29, 0.717) is 29.6 Å². The number of sulfonamides is 1. The van der Waals surface area contributed by atoms with Gasteiger partial charge in [-0.2, -0.15) is 0 Å². The van der Waals surface area contributed by atoms with Gasteiger partial charge in [-0.25, -0.2) is 8.42 Å². The Morgan fingerprint density at radius 1 is 1.00 bits per heavy atom. The summed E-state index contributed by atoms with van der Waals surface area (Å²) in [6.45, 7) is 2.38. The monoisotopic (exact) mass is 385 g/mol. The van der Waals surface area contributed by atoms with Crippen molar-refractivity contribution in [1.82, 2.24) is 10.2 Å². The number of methoxy groups -OCH3 is 1. The fourth-order valence-electron chi connectivity index (χ4n) is 2.41. The van der Waals surface area contributed by atoms with Crippen molar-refractivity contribution in [2.45, 2.75) is 11.8 Å². The maximum absolute atomic E-state index is 12.6. The van der Waals surface area contributed by atoms with Crippen LogP contribution in [0.2, 0.25) is 0 Å². The Labute approximate surface area is 158 Å². The third-order valence-corrected chi connectivity index (χ3v) is 5.11. The summed E-state index contributed by atoms with van der Waals surface area (Å²) < 4.78 is 38.0. The number of hydrogen-bond donors (Lipinski definition) is 1. The molecular formula is C19H19N3O4S. The summed E-state index contributed by atoms with van der Waals surface area (Å²) in [5.41, 5.74) is 1.78. The minimum atomic E-state index is -3.71. The Kier molecular flexibility index (Phi) is 5.56. The summed E-state index contributed by atoms with van der Waals surface area (Å²) in [5.74, 6) is 1.03. The van der Waals surface area contributed by atoms with Gasteiger partial charge in [-0.3, -0.25) is 4.72 Å². The first-order valence-electron chi connectivity index (χ1n) is 8.25. The second kappa shape index (κ2) is 8.05. The van der Waals surface area contributed by atoms with Gasteiger partial charge in [0.25, 0.3) is 10.0 Å². The van der Waals surface area contributed by atoms with E-state index in [0.717, 1.165) is 5.56 Å². The first-order chi connectivity index (χ1) is 13.0. The molecule has 0 radical (unpaired) electrons. The van der Waals surface area contributed by atoms with Gasteiger partial charge in [0.2, 0.25) is 5.88 Å². The van der Waals surface area contributed by atoms with E-state index in [2.05, 4.69) is 14.9 Å². The molecule has 1 N–H and O–H groups in total. The van der Waals surface area contributed by atoms with Crippen molar-refractivity contribution in [3.8, 4) is 22.9 Å². The molecule has 0 atom stereocenters. The van der Waals surface area contributed by atoms with Crippen molar-refractivity contribution in [3.63, 3.8) is 0 Å². The highest BCUT2D eigenvalue weighted by Crippen LogP contribution is 2.24. The largest absolute Gasteiger partial charge is 0.497 e. The lowest BCUT2D eigenvalue weighted by Crippen LogP contribution is -2.12. The van der Waals surface area contributed by atoms with E-state index in [-0.39, 0.29) is 4.90 Å². The maximum Gasteiger partial charge on any atom is 0.261 e. The first kappa shape index (κ1) is 18.7. The average molecular weight is 385 g/mol. The molecule has 0 aliphatic rings. The number of nitrogens with one attached hydrogen (secondary N) is 1. The van der Waals surface area contributed by atoms with E-state index in [1.807, 2.05) is 13.0 Å². The van der Waals surface area contributed by atoms with Gasteiger partial charge in [0.15, 0.2) is 0 Å². The number of anilines is 1. The molecule has 3 rings (SSSR count). The van der Waals surface area contributed by atoms with Crippen LogP contribution in [-0.4, -0.2) is 32.3 Å². The molecule has 140 valence electrons. The number of benzene rings is 2. The number of ether oxygens (including phenoxy) is 2. The molecule has 0 saturated heterocycles. The zero-order chi connectivity index (χ0) is 19.3. The van der Waals surface area contributed by atoms with Gasteiger partial charge in [0.05, 0.1) is 24.3 Å². The fraction of sp³-hybridized carbons (Fsp3) is 0.158. The van der Waals surface area contributed by atoms with Crippen LogP contribution in [0.25, 0.3) is 11.3 Å². The molecular weight excluding hydrogens is 366 g/mol. The Hall–Kier alpha value is -3.13. The molecule has 0 saturated carbocycles. The van der Waals surface area contributed by atoms with Gasteiger partial charge in [0, 0.05) is 17.3 Å². The van der Waals surface area contributed by atoms with Gasteiger partial charge < -0.3 is 9.47 Å². The van der Waals surface area contributed by atoms with E-state index in [1.54, 1.807) is 42.5 Å². The minimum absolute atomic E-state index is 0.148. The molecule has 0 aliphatic carbocycles. The quantitative estimate of drug-likeness (QED) is 0.671. The molecule has 1 heterocycles. The summed E-state index contributed by atoms with van der Waals surface area (Å²) in [6.07, 6.45) is 0. The second-order valence-electron chi connectivity index (χ2n) is 5.55. The normalized spacial score (nSPS) is 11.0. The van der Waals surface area contributed by atoms with Gasteiger partial charge in [-0.1, -0.05) is 12.1 Å². The molecule has 1 aromatic heterocycles. The molecule has 0 bridgehead atoms. The molecule has 0 amide bonds. The first-order valence-corrected chi connectivity index (χ1v) is 9.74. The van der Waals surface area contributed by atoms with Gasteiger partial charge in [0.1, 0.15) is 5.75 Å². The lowest BCUT2D eigenvalue weighted by atomic mass is 10.1. The van der Waals surface area contributed by atoms with E-state index < -0.39 is 10.0 Å². The highest BCUT2D eigenvalue weighted by molar-refractivity contribution is 7.92. The highest BCUT2D eigenvalue weighted by Gasteiger charge is 2.14. The Balaban J connectivity index is 1.82. The zero-order valence-electron chi connectivity index (χ0n) is 14.9. The minimum Gasteiger partial charge on any atom is -0.497 e. The second-order valence-corrected chi connectivity index (χ2v) is 7.23. The SMILES string of the molecule is CCOc1ccc(-c2cccc(NS(=O)(=O)c3ccc(OC)cc3)c2)nn1. The van der Waals surface area contributed by atoms with Crippen LogP contribution in [0.15, 0.2) is 65.6 Å². The van der Waals surface area contributed by atoms with Crippen molar-refractivity contribution >= 4 is 15.7 Å². The van der Waals surface area contributed by atoms with Crippen LogP contribution in [0.5, 0.6) is 11.6 Å². The number of nitrogens with zero attached hydrogens (tertiary/aromatic N) is 2. The van der Waals surface area contributed by atoms with Gasteiger partial charge in [-0.15, -0.1) is 10.2 Å². The Morgan fingerprint density at radius 3 is 2.41 bits per heavy atom. The smallest absolute Gasteiger partial charge is 0.261 e. The third kappa shape index (κ3) is 4.53. The third-order valence-electron chi connectivity index (χ3n) is 3.71. The van der Waals surface area contributed by atoms with Crippen LogP contribution in [0, 0.1) is 0 Å². The average Bonchev–Trinajstić information content (AvgIpc) is 2.69. The number of hydrogen-bond acceptors (Lipinski definition) is 6. The molecule has 3 aromatic rings. The van der Waals surface area contributed by atoms with E-state index in [9.17, 15) is 8.42 Å². The van der Waals surface area contributed by atoms with Crippen LogP contribution >= 0.6 is 0 Å². The number of rotatable bonds is 7. The zero-order valence-corrected chi connectivity index (χ0v) is 15.7. The molecule has 27 heavy (non-hydrogen) atoms. The van der Waals surface area contributed by atoms with Crippen molar-refractivity contribution in [3.05, 3.63) is 60.7 Å². The van der Waals surface area contributed by atoms with E-state index in [1.165, 1.54) is 19.2 Å². The van der Waals surface area contributed by atoms with Crippen molar-refractivity contribution in [2.24, 2.45) is 0 Å². The van der Waals surface area contributed by atoms with Crippen LogP contribution < -0.4 is 14.2 Å². The molecule has 7 nitrogen and oxygen atoms in total. The van der Waals surface area contributed by atoms with Crippen LogP contribution in [0.1, 0.15) is 6.92 Å². The predicted molar refractivity (Wildman–Crippen MR) is 102 cm³/mol. The van der Waals surface area contributed by atoms with Crippen molar-refractivity contribution in [2.75, 3.05) is 18.4 Å². The lowest BCUT2D eigenvalue weighted by molar-refractivity contribution is 0.323. The standard InChI is InChI=1S/C19H19N3O4S/c1-3-26-19-12-11-18(20-21-19)14-5-4-6-15(13-14)22-27(23,24)17-9-7-16(25-2)8-10-17/h4-13,22H,3H2,1-2H3. The molecule has 2 aromatic carbocycles. The van der Waals surface area contributed by atoms with E-state index in [4.69, 9.17) is 9.47 Å². The maximum atomic E-state index is 12.6. The molecule has 0 spiro atoms. The van der Waals surface area contributed by atoms with Gasteiger partial charge in [-0.05, 0) is 49.4 Å². The Morgan fingerprint density at radius 2 is 1.78 bits per heavy atom. The molecule has 0 aliphatic heterocycles. The van der Waals surface area contributed by atoms with Crippen LogP contribution in [0.3, 0.4) is 0 Å². The van der Waals surface area contributed by atoms with Crippen LogP contribution in [0.4, 0.5) is 5.69 Å². The molecule has 0 fully saturated rings. The topological polar surface area (TPSA) is 90.4 Å². The summed E-state index contributed by atoms with van der Waals surface area (Å²) in [6, 6.07) is 16.6. The lowest BCUT2D eigenvalue weighted by Gasteiger charge is -2.10. The summed E-state index contributed by atoms with van der Waals surface area (Å²) >= 11 is 0. The molecule has 8 heteroatoms. The Bertz CT molecular complexity index is 1000. The fourth-order valence-corrected chi connectivity index (χ4v) is 3.46. The summed E-state index contributed by atoms with van der Waals surface area (Å²) in [4.78, 5) is 0.148. The van der Waals surface area contributed by atoms with Gasteiger partial charge >= 0.3 is 0 Å². The van der Waals surface area contributed by atoms with E-state index >= 15 is 0 Å². The summed E-state index contributed by atoms with van der Waals surface area (Å²) in [5, 5.41) is 8.11. The van der Waals surface area contributed by atoms with Crippen LogP contribution in [-0.2, 0) is 10.0 Å².